The van der Waals surface area contributed by atoms with Gasteiger partial charge in [-0.3, -0.25) is 4.79 Å². The summed E-state index contributed by atoms with van der Waals surface area (Å²) >= 11 is 0. The minimum Gasteiger partial charge on any atom is -0.478 e. The average molecular weight is 275 g/mol. The van der Waals surface area contributed by atoms with Crippen LogP contribution in [0.2, 0.25) is 0 Å². The number of amides is 1. The molecule has 0 aliphatic carbocycles. The first-order valence-corrected chi connectivity index (χ1v) is 6.74. The molecule has 0 saturated heterocycles. The van der Waals surface area contributed by atoms with Crippen molar-refractivity contribution in [2.75, 3.05) is 6.54 Å². The van der Waals surface area contributed by atoms with Crippen molar-refractivity contribution in [2.24, 2.45) is 5.92 Å². The Balaban J connectivity index is 2.83. The predicted octanol–water partition coefficient (Wildman–Crippen LogP) is 2.87. The molecule has 1 rings (SSSR count). The quantitative estimate of drug-likeness (QED) is 0.784. The minimum absolute atomic E-state index is 0.129. The van der Waals surface area contributed by atoms with Crippen molar-refractivity contribution in [3.63, 3.8) is 0 Å². The van der Waals surface area contributed by atoms with Gasteiger partial charge in [-0.25, -0.2) is 4.79 Å². The monoisotopic (exact) mass is 275 g/mol. The zero-order valence-corrected chi connectivity index (χ0v) is 12.1. The van der Waals surface area contributed by atoms with Gasteiger partial charge in [0.2, 0.25) is 0 Å². The summed E-state index contributed by atoms with van der Waals surface area (Å²) in [4.78, 5) is 22.6. The lowest BCUT2D eigenvalue weighted by Gasteiger charge is -2.11. The van der Waals surface area contributed by atoms with Crippen LogP contribution in [0.5, 0.6) is 0 Å². The fourth-order valence-corrected chi connectivity index (χ4v) is 1.64. The van der Waals surface area contributed by atoms with E-state index in [1.807, 2.05) is 13.0 Å². The molecule has 0 aromatic heterocycles. The molecular weight excluding hydrogens is 254 g/mol. The summed E-state index contributed by atoms with van der Waals surface area (Å²) in [5.74, 6) is -0.693. The maximum absolute atomic E-state index is 12.0. The van der Waals surface area contributed by atoms with Crippen LogP contribution < -0.4 is 5.32 Å². The Hall–Kier alpha value is -2.10. The number of nitrogens with one attached hydrogen (secondary N) is 1. The number of hydrogen-bond acceptors (Lipinski definition) is 2. The normalized spacial score (nSPS) is 12.3. The standard InChI is InChI=1S/C16H21NO3/c1-4-11(2)10-17-16(20)14-6-5-12(3)13(9-14)7-8-15(18)19/h5-9,11H,4,10H2,1-3H3,(H,17,20)(H,18,19)/b8-7+. The van der Waals surface area contributed by atoms with E-state index in [1.54, 1.807) is 12.1 Å². The van der Waals surface area contributed by atoms with Crippen LogP contribution in [0.4, 0.5) is 0 Å². The summed E-state index contributed by atoms with van der Waals surface area (Å²) < 4.78 is 0. The summed E-state index contributed by atoms with van der Waals surface area (Å²) in [6.45, 7) is 6.68. The maximum atomic E-state index is 12.0. The van der Waals surface area contributed by atoms with Crippen LogP contribution in [0, 0.1) is 12.8 Å². The molecule has 1 aromatic carbocycles. The lowest BCUT2D eigenvalue weighted by Crippen LogP contribution is -2.28. The molecule has 1 amide bonds. The van der Waals surface area contributed by atoms with E-state index in [-0.39, 0.29) is 5.91 Å². The molecule has 1 aromatic rings. The predicted molar refractivity (Wildman–Crippen MR) is 79.6 cm³/mol. The molecule has 2 N–H and O–H groups in total. The van der Waals surface area contributed by atoms with Crippen LogP contribution in [-0.2, 0) is 4.79 Å². The highest BCUT2D eigenvalue weighted by atomic mass is 16.4. The van der Waals surface area contributed by atoms with Gasteiger partial charge in [-0.05, 0) is 42.2 Å². The third-order valence-electron chi connectivity index (χ3n) is 3.25. The van der Waals surface area contributed by atoms with E-state index in [9.17, 15) is 9.59 Å². The summed E-state index contributed by atoms with van der Waals surface area (Å²) in [5.41, 5.74) is 2.22. The highest BCUT2D eigenvalue weighted by molar-refractivity contribution is 5.95. The number of carbonyl (C=O) groups is 2. The van der Waals surface area contributed by atoms with Gasteiger partial charge in [0.25, 0.3) is 5.91 Å². The van der Waals surface area contributed by atoms with Crippen molar-refractivity contribution in [3.8, 4) is 0 Å². The minimum atomic E-state index is -1.00. The van der Waals surface area contributed by atoms with E-state index >= 15 is 0 Å². The Morgan fingerprint density at radius 2 is 2.10 bits per heavy atom. The molecule has 4 heteroatoms. The molecular formula is C16H21NO3. The second-order valence-corrected chi connectivity index (χ2v) is 4.97. The number of hydrogen-bond donors (Lipinski definition) is 2. The van der Waals surface area contributed by atoms with Crippen LogP contribution >= 0.6 is 0 Å². The lowest BCUT2D eigenvalue weighted by atomic mass is 10.0. The number of benzene rings is 1. The average Bonchev–Trinajstić information content (AvgIpc) is 2.43. The van der Waals surface area contributed by atoms with Crippen LogP contribution in [0.3, 0.4) is 0 Å². The van der Waals surface area contributed by atoms with Crippen LogP contribution in [0.1, 0.15) is 41.8 Å². The number of rotatable bonds is 6. The van der Waals surface area contributed by atoms with Gasteiger partial charge in [0.1, 0.15) is 0 Å². The molecule has 20 heavy (non-hydrogen) atoms. The van der Waals surface area contributed by atoms with E-state index in [4.69, 9.17) is 5.11 Å². The smallest absolute Gasteiger partial charge is 0.328 e. The van der Waals surface area contributed by atoms with Gasteiger partial charge >= 0.3 is 5.97 Å². The molecule has 4 nitrogen and oxygen atoms in total. The summed E-state index contributed by atoms with van der Waals surface area (Å²) in [7, 11) is 0. The van der Waals surface area contributed by atoms with E-state index in [1.165, 1.54) is 6.08 Å². The maximum Gasteiger partial charge on any atom is 0.328 e. The van der Waals surface area contributed by atoms with Gasteiger partial charge in [0.15, 0.2) is 0 Å². The van der Waals surface area contributed by atoms with Gasteiger partial charge in [-0.1, -0.05) is 26.3 Å². The fourth-order valence-electron chi connectivity index (χ4n) is 1.64. The van der Waals surface area contributed by atoms with Crippen molar-refractivity contribution >= 4 is 18.0 Å². The molecule has 0 heterocycles. The van der Waals surface area contributed by atoms with Gasteiger partial charge in [0.05, 0.1) is 0 Å². The zero-order valence-electron chi connectivity index (χ0n) is 12.1. The van der Waals surface area contributed by atoms with Crippen molar-refractivity contribution < 1.29 is 14.7 Å². The van der Waals surface area contributed by atoms with E-state index < -0.39 is 5.97 Å². The van der Waals surface area contributed by atoms with E-state index in [0.717, 1.165) is 23.6 Å². The fraction of sp³-hybridized carbons (Fsp3) is 0.375. The summed E-state index contributed by atoms with van der Waals surface area (Å²) in [6.07, 6.45) is 3.59. The first kappa shape index (κ1) is 16.0. The summed E-state index contributed by atoms with van der Waals surface area (Å²) in [6, 6.07) is 5.28. The van der Waals surface area contributed by atoms with Gasteiger partial charge < -0.3 is 10.4 Å². The van der Waals surface area contributed by atoms with E-state index in [2.05, 4.69) is 19.2 Å². The molecule has 0 spiro atoms. The molecule has 0 aliphatic rings. The van der Waals surface area contributed by atoms with Crippen molar-refractivity contribution in [1.82, 2.24) is 5.32 Å². The topological polar surface area (TPSA) is 66.4 Å². The third kappa shape index (κ3) is 4.88. The highest BCUT2D eigenvalue weighted by Crippen LogP contribution is 2.13. The lowest BCUT2D eigenvalue weighted by molar-refractivity contribution is -0.131. The first-order chi connectivity index (χ1) is 9.43. The highest BCUT2D eigenvalue weighted by Gasteiger charge is 2.08. The summed E-state index contributed by atoms with van der Waals surface area (Å²) in [5, 5.41) is 11.5. The molecule has 0 bridgehead atoms. The zero-order chi connectivity index (χ0) is 15.1. The molecule has 0 fully saturated rings. The number of carboxylic acid groups (broad SMARTS) is 1. The molecule has 0 saturated carbocycles. The van der Waals surface area contributed by atoms with Gasteiger partial charge in [-0.2, -0.15) is 0 Å². The second kappa shape index (κ2) is 7.48. The largest absolute Gasteiger partial charge is 0.478 e. The number of aryl methyl sites for hydroxylation is 1. The van der Waals surface area contributed by atoms with Crippen molar-refractivity contribution in [1.29, 1.82) is 0 Å². The Kier molecular flexibility index (Phi) is 5.97. The number of aliphatic carboxylic acids is 1. The third-order valence-corrected chi connectivity index (χ3v) is 3.25. The second-order valence-electron chi connectivity index (χ2n) is 4.97. The first-order valence-electron chi connectivity index (χ1n) is 6.74. The number of carbonyl (C=O) groups excluding carboxylic acids is 1. The van der Waals surface area contributed by atoms with E-state index in [0.29, 0.717) is 18.0 Å². The van der Waals surface area contributed by atoms with Gasteiger partial charge in [-0.15, -0.1) is 0 Å². The molecule has 0 aliphatic heterocycles. The van der Waals surface area contributed by atoms with Crippen molar-refractivity contribution in [3.05, 3.63) is 41.0 Å². The van der Waals surface area contributed by atoms with Crippen LogP contribution in [0.15, 0.2) is 24.3 Å². The van der Waals surface area contributed by atoms with Crippen LogP contribution in [-0.4, -0.2) is 23.5 Å². The van der Waals surface area contributed by atoms with Crippen LogP contribution in [0.25, 0.3) is 6.08 Å². The van der Waals surface area contributed by atoms with Crippen molar-refractivity contribution in [2.45, 2.75) is 27.2 Å². The Labute approximate surface area is 119 Å². The Bertz CT molecular complexity index is 520. The molecule has 1 unspecified atom stereocenters. The molecule has 108 valence electrons. The SMILES string of the molecule is CCC(C)CNC(=O)c1ccc(C)c(/C=C/C(=O)O)c1. The Morgan fingerprint density at radius 1 is 1.40 bits per heavy atom. The van der Waals surface area contributed by atoms with Gasteiger partial charge in [0, 0.05) is 18.2 Å². The molecule has 0 radical (unpaired) electrons. The number of carboxylic acids is 1. The molecule has 1 atom stereocenters. The Morgan fingerprint density at radius 3 is 2.70 bits per heavy atom.